The molecule has 1 aromatic rings. The lowest BCUT2D eigenvalue weighted by molar-refractivity contribution is -0.150. The van der Waals surface area contributed by atoms with Crippen LogP contribution in [0.4, 0.5) is 0 Å². The van der Waals surface area contributed by atoms with Gasteiger partial charge in [-0.25, -0.2) is 0 Å². The molecular weight excluding hydrogens is 190 g/mol. The zero-order chi connectivity index (χ0) is 11.3. The van der Waals surface area contributed by atoms with E-state index in [2.05, 4.69) is 0 Å². The van der Waals surface area contributed by atoms with E-state index in [0.29, 0.717) is 6.42 Å². The van der Waals surface area contributed by atoms with Gasteiger partial charge in [-0.3, -0.25) is 4.79 Å². The molecule has 3 heteroatoms. The summed E-state index contributed by atoms with van der Waals surface area (Å²) in [7, 11) is 0. The fourth-order valence-electron chi connectivity index (χ4n) is 1.22. The van der Waals surface area contributed by atoms with Crippen LogP contribution in [-0.4, -0.2) is 12.0 Å². The number of hydrogen-bond donors (Lipinski definition) is 1. The number of carbonyl (C=O) groups excluding carboxylic acids is 1. The van der Waals surface area contributed by atoms with E-state index in [1.165, 1.54) is 0 Å². The Balaban J connectivity index is 2.56. The number of esters is 1. The van der Waals surface area contributed by atoms with Crippen LogP contribution >= 0.6 is 0 Å². The highest BCUT2D eigenvalue weighted by Gasteiger charge is 2.16. The first-order valence-corrected chi connectivity index (χ1v) is 5.16. The molecule has 0 saturated heterocycles. The first-order chi connectivity index (χ1) is 7.15. The molecule has 0 fully saturated rings. The van der Waals surface area contributed by atoms with Crippen LogP contribution in [-0.2, 0) is 9.53 Å². The maximum atomic E-state index is 11.4. The Morgan fingerprint density at radius 1 is 1.40 bits per heavy atom. The van der Waals surface area contributed by atoms with Crippen LogP contribution in [0.3, 0.4) is 0 Å². The molecule has 0 radical (unpaired) electrons. The van der Waals surface area contributed by atoms with Gasteiger partial charge in [0.25, 0.3) is 0 Å². The summed E-state index contributed by atoms with van der Waals surface area (Å²) in [5.74, 6) is -0.339. The van der Waals surface area contributed by atoms with Gasteiger partial charge in [-0.15, -0.1) is 0 Å². The summed E-state index contributed by atoms with van der Waals surface area (Å²) < 4.78 is 5.23. The number of ether oxygens (including phenoxy) is 1. The lowest BCUT2D eigenvalue weighted by atomic mass is 10.1. The van der Waals surface area contributed by atoms with E-state index in [4.69, 9.17) is 10.5 Å². The van der Waals surface area contributed by atoms with E-state index in [1.54, 1.807) is 0 Å². The fraction of sp³-hybridized carbons (Fsp3) is 0.417. The topological polar surface area (TPSA) is 52.3 Å². The summed E-state index contributed by atoms with van der Waals surface area (Å²) in [4.78, 5) is 11.4. The van der Waals surface area contributed by atoms with Crippen LogP contribution in [0.15, 0.2) is 30.3 Å². The third kappa shape index (κ3) is 3.36. The van der Waals surface area contributed by atoms with Crippen molar-refractivity contribution in [2.75, 3.05) is 0 Å². The second-order valence-corrected chi connectivity index (χ2v) is 3.50. The van der Waals surface area contributed by atoms with Crippen LogP contribution in [0.5, 0.6) is 0 Å². The maximum absolute atomic E-state index is 11.4. The van der Waals surface area contributed by atoms with E-state index < -0.39 is 6.04 Å². The third-order valence-corrected chi connectivity index (χ3v) is 2.30. The summed E-state index contributed by atoms with van der Waals surface area (Å²) in [5.41, 5.74) is 6.55. The summed E-state index contributed by atoms with van der Waals surface area (Å²) in [6.07, 6.45) is 0.358. The molecule has 0 aliphatic rings. The molecule has 82 valence electrons. The first kappa shape index (κ1) is 11.7. The van der Waals surface area contributed by atoms with Crippen molar-refractivity contribution in [1.82, 2.24) is 0 Å². The monoisotopic (exact) mass is 207 g/mol. The Morgan fingerprint density at radius 2 is 2.00 bits per heavy atom. The second kappa shape index (κ2) is 5.51. The van der Waals surface area contributed by atoms with E-state index in [0.717, 1.165) is 5.56 Å². The van der Waals surface area contributed by atoms with Gasteiger partial charge in [-0.1, -0.05) is 37.3 Å². The van der Waals surface area contributed by atoms with Gasteiger partial charge in [0.1, 0.15) is 12.1 Å². The van der Waals surface area contributed by atoms with E-state index in [9.17, 15) is 4.79 Å². The molecule has 2 N–H and O–H groups in total. The molecule has 1 unspecified atom stereocenters. The van der Waals surface area contributed by atoms with Crippen LogP contribution in [0.1, 0.15) is 31.9 Å². The molecule has 0 aromatic heterocycles. The summed E-state index contributed by atoms with van der Waals surface area (Å²) >= 11 is 0. The first-order valence-electron chi connectivity index (χ1n) is 5.16. The Kier molecular flexibility index (Phi) is 4.31. The molecule has 3 nitrogen and oxygen atoms in total. The van der Waals surface area contributed by atoms with Gasteiger partial charge in [0.05, 0.1) is 0 Å². The zero-order valence-corrected chi connectivity index (χ0v) is 9.14. The van der Waals surface area contributed by atoms with Gasteiger partial charge in [-0.2, -0.15) is 0 Å². The smallest absolute Gasteiger partial charge is 0.323 e. The highest BCUT2D eigenvalue weighted by molar-refractivity contribution is 5.75. The molecule has 0 bridgehead atoms. The molecule has 1 rings (SSSR count). The number of nitrogens with two attached hydrogens (primary N) is 1. The summed E-state index contributed by atoms with van der Waals surface area (Å²) in [6.45, 7) is 3.70. The minimum atomic E-state index is -0.517. The van der Waals surface area contributed by atoms with E-state index in [1.807, 2.05) is 44.2 Å². The Morgan fingerprint density at radius 3 is 2.53 bits per heavy atom. The van der Waals surface area contributed by atoms with Crippen molar-refractivity contribution in [1.29, 1.82) is 0 Å². The Hall–Kier alpha value is -1.35. The molecule has 0 aliphatic heterocycles. The fourth-order valence-corrected chi connectivity index (χ4v) is 1.22. The maximum Gasteiger partial charge on any atom is 0.323 e. The average molecular weight is 207 g/mol. The van der Waals surface area contributed by atoms with Crippen molar-refractivity contribution in [3.8, 4) is 0 Å². The van der Waals surface area contributed by atoms with Crippen molar-refractivity contribution in [2.45, 2.75) is 32.4 Å². The average Bonchev–Trinajstić information content (AvgIpc) is 2.29. The largest absolute Gasteiger partial charge is 0.457 e. The summed E-state index contributed by atoms with van der Waals surface area (Å²) in [6, 6.07) is 9.09. The molecular formula is C12H17NO2. The second-order valence-electron chi connectivity index (χ2n) is 3.50. The minimum Gasteiger partial charge on any atom is -0.457 e. The van der Waals surface area contributed by atoms with Gasteiger partial charge < -0.3 is 10.5 Å². The predicted molar refractivity (Wildman–Crippen MR) is 59.2 cm³/mol. The van der Waals surface area contributed by atoms with Gasteiger partial charge in [0.2, 0.25) is 0 Å². The molecule has 0 aliphatic carbocycles. The van der Waals surface area contributed by atoms with Gasteiger partial charge in [0, 0.05) is 0 Å². The standard InChI is InChI=1S/C12H17NO2/c1-3-11(13)12(14)15-9(2)10-7-5-4-6-8-10/h4-9,11H,3,13H2,1-2H3/t9?,11-/m0/s1. The SMILES string of the molecule is CC[C@H](N)C(=O)OC(C)c1ccccc1. The van der Waals surface area contributed by atoms with Crippen molar-refractivity contribution in [3.05, 3.63) is 35.9 Å². The zero-order valence-electron chi connectivity index (χ0n) is 9.14. The normalized spacial score (nSPS) is 14.3. The lowest BCUT2D eigenvalue weighted by Crippen LogP contribution is -2.32. The highest BCUT2D eigenvalue weighted by atomic mass is 16.5. The van der Waals surface area contributed by atoms with Crippen molar-refractivity contribution in [2.24, 2.45) is 5.73 Å². The van der Waals surface area contributed by atoms with Gasteiger partial charge in [0.15, 0.2) is 0 Å². The number of hydrogen-bond acceptors (Lipinski definition) is 3. The van der Waals surface area contributed by atoms with E-state index >= 15 is 0 Å². The minimum absolute atomic E-state index is 0.240. The number of benzene rings is 1. The molecule has 0 saturated carbocycles. The van der Waals surface area contributed by atoms with Crippen molar-refractivity contribution >= 4 is 5.97 Å². The van der Waals surface area contributed by atoms with E-state index in [-0.39, 0.29) is 12.1 Å². The van der Waals surface area contributed by atoms with Crippen molar-refractivity contribution in [3.63, 3.8) is 0 Å². The lowest BCUT2D eigenvalue weighted by Gasteiger charge is -2.16. The van der Waals surface area contributed by atoms with Crippen LogP contribution < -0.4 is 5.73 Å². The molecule has 2 atom stereocenters. The summed E-state index contributed by atoms with van der Waals surface area (Å²) in [5, 5.41) is 0. The van der Waals surface area contributed by atoms with Gasteiger partial charge >= 0.3 is 5.97 Å². The Labute approximate surface area is 90.2 Å². The number of carbonyl (C=O) groups is 1. The van der Waals surface area contributed by atoms with Crippen LogP contribution in [0.25, 0.3) is 0 Å². The Bertz CT molecular complexity index is 311. The third-order valence-electron chi connectivity index (χ3n) is 2.30. The van der Waals surface area contributed by atoms with Crippen molar-refractivity contribution < 1.29 is 9.53 Å². The molecule has 1 aromatic carbocycles. The molecule has 0 heterocycles. The highest BCUT2D eigenvalue weighted by Crippen LogP contribution is 2.16. The van der Waals surface area contributed by atoms with Gasteiger partial charge in [-0.05, 0) is 18.9 Å². The quantitative estimate of drug-likeness (QED) is 0.768. The number of rotatable bonds is 4. The molecule has 0 amide bonds. The van der Waals surface area contributed by atoms with Crippen LogP contribution in [0, 0.1) is 0 Å². The predicted octanol–water partition coefficient (Wildman–Crippen LogP) is 2.03. The van der Waals surface area contributed by atoms with Crippen LogP contribution in [0.2, 0.25) is 0 Å². The molecule has 0 spiro atoms. The molecule has 15 heavy (non-hydrogen) atoms.